The predicted molar refractivity (Wildman–Crippen MR) is 70.4 cm³/mol. The molecule has 1 aromatic rings. The van der Waals surface area contributed by atoms with Crippen LogP contribution in [0, 0.1) is 11.3 Å². The van der Waals surface area contributed by atoms with E-state index < -0.39 is 10.0 Å². The molecule has 0 aliphatic heterocycles. The van der Waals surface area contributed by atoms with Crippen molar-refractivity contribution in [3.05, 3.63) is 5.69 Å². The fourth-order valence-electron chi connectivity index (χ4n) is 1.28. The van der Waals surface area contributed by atoms with Gasteiger partial charge < -0.3 is 11.1 Å². The molecule has 0 amide bonds. The summed E-state index contributed by atoms with van der Waals surface area (Å²) in [5.74, 6) is 0.00954. The maximum Gasteiger partial charge on any atom is 0.208 e. The van der Waals surface area contributed by atoms with Crippen LogP contribution in [0.3, 0.4) is 0 Å². The lowest BCUT2D eigenvalue weighted by Gasteiger charge is -2.20. The Labute approximate surface area is 111 Å². The minimum absolute atomic E-state index is 0.00812. The van der Waals surface area contributed by atoms with Gasteiger partial charge in [0.05, 0.1) is 6.26 Å². The summed E-state index contributed by atoms with van der Waals surface area (Å²) in [5, 5.41) is 17.4. The van der Waals surface area contributed by atoms with Gasteiger partial charge in [0.15, 0.2) is 5.69 Å². The normalized spacial score (nSPS) is 14.9. The van der Waals surface area contributed by atoms with Crippen molar-refractivity contribution in [2.75, 3.05) is 18.1 Å². The minimum atomic E-state index is -3.21. The van der Waals surface area contributed by atoms with Gasteiger partial charge in [-0.2, -0.15) is 0 Å². The van der Waals surface area contributed by atoms with Crippen LogP contribution < -0.4 is 15.8 Å². The summed E-state index contributed by atoms with van der Waals surface area (Å²) in [5.41, 5.74) is 5.45. The molecule has 0 spiro atoms. The van der Waals surface area contributed by atoms with Gasteiger partial charge in [-0.15, -0.1) is 0 Å². The Bertz CT molecular complexity index is 540. The van der Waals surface area contributed by atoms with Crippen molar-refractivity contribution in [3.63, 3.8) is 0 Å². The average Bonchev–Trinajstić information content (AvgIpc) is 2.72. The third kappa shape index (κ3) is 4.83. The Hall–Kier alpha value is -1.68. The van der Waals surface area contributed by atoms with Gasteiger partial charge in [-0.05, 0) is 23.2 Å². The second-order valence-corrected chi connectivity index (χ2v) is 6.24. The molecule has 10 heteroatoms. The lowest BCUT2D eigenvalue weighted by molar-refractivity contribution is 0.307. The van der Waals surface area contributed by atoms with E-state index in [9.17, 15) is 8.42 Å². The summed E-state index contributed by atoms with van der Waals surface area (Å²) in [7, 11) is -3.21. The zero-order chi connectivity index (χ0) is 14.6. The molecule has 1 aromatic heterocycles. The van der Waals surface area contributed by atoms with E-state index in [1.54, 1.807) is 0 Å². The predicted octanol–water partition coefficient (Wildman–Crippen LogP) is -0.661. The van der Waals surface area contributed by atoms with Crippen LogP contribution in [0.25, 0.3) is 0 Å². The summed E-state index contributed by atoms with van der Waals surface area (Å²) >= 11 is 0. The van der Waals surface area contributed by atoms with E-state index in [0.29, 0.717) is 0 Å². The molecule has 2 unspecified atom stereocenters. The van der Waals surface area contributed by atoms with Crippen LogP contribution in [-0.2, 0) is 10.0 Å². The van der Waals surface area contributed by atoms with E-state index in [-0.39, 0.29) is 35.9 Å². The largest absolute Gasteiger partial charge is 0.382 e. The molecular weight excluding hydrogens is 272 g/mol. The van der Waals surface area contributed by atoms with Gasteiger partial charge in [0, 0.05) is 12.6 Å². The fourth-order valence-corrected chi connectivity index (χ4v) is 1.84. The van der Waals surface area contributed by atoms with Crippen molar-refractivity contribution in [3.8, 4) is 0 Å². The molecular formula is C9H18N6O3S. The van der Waals surface area contributed by atoms with E-state index in [2.05, 4.69) is 25.0 Å². The number of amidine groups is 1. The van der Waals surface area contributed by atoms with Gasteiger partial charge in [0.1, 0.15) is 5.84 Å². The Morgan fingerprint density at radius 2 is 2.11 bits per heavy atom. The molecule has 9 nitrogen and oxygen atoms in total. The van der Waals surface area contributed by atoms with Crippen molar-refractivity contribution in [2.45, 2.75) is 19.9 Å². The summed E-state index contributed by atoms with van der Waals surface area (Å²) < 4.78 is 28.9. The molecule has 0 bridgehead atoms. The molecule has 19 heavy (non-hydrogen) atoms. The first-order valence-corrected chi connectivity index (χ1v) is 7.48. The molecule has 1 rings (SSSR count). The smallest absolute Gasteiger partial charge is 0.208 e. The highest BCUT2D eigenvalue weighted by atomic mass is 32.2. The van der Waals surface area contributed by atoms with Gasteiger partial charge in [-0.25, -0.2) is 17.8 Å². The van der Waals surface area contributed by atoms with Crippen molar-refractivity contribution in [2.24, 2.45) is 11.7 Å². The number of sulfonamides is 1. The molecule has 108 valence electrons. The van der Waals surface area contributed by atoms with Crippen molar-refractivity contribution in [1.29, 1.82) is 5.41 Å². The van der Waals surface area contributed by atoms with Crippen LogP contribution in [0.1, 0.15) is 19.5 Å². The highest BCUT2D eigenvalue weighted by Gasteiger charge is 2.19. The van der Waals surface area contributed by atoms with Crippen LogP contribution in [-0.4, -0.2) is 43.4 Å². The monoisotopic (exact) mass is 290 g/mol. The average molecular weight is 290 g/mol. The third-order valence-corrected chi connectivity index (χ3v) is 3.32. The zero-order valence-corrected chi connectivity index (χ0v) is 11.8. The summed E-state index contributed by atoms with van der Waals surface area (Å²) in [6.45, 7) is 4.01. The first-order valence-electron chi connectivity index (χ1n) is 5.59. The number of hydrogen-bond acceptors (Lipinski definition) is 7. The zero-order valence-electron chi connectivity index (χ0n) is 11.0. The number of anilines is 1. The van der Waals surface area contributed by atoms with Crippen LogP contribution in [0.2, 0.25) is 0 Å². The van der Waals surface area contributed by atoms with Gasteiger partial charge in [0.2, 0.25) is 15.8 Å². The van der Waals surface area contributed by atoms with Crippen LogP contribution in [0.15, 0.2) is 4.63 Å². The number of rotatable bonds is 7. The fraction of sp³-hybridized carbons (Fsp3) is 0.667. The maximum atomic E-state index is 11.0. The molecule has 5 N–H and O–H groups in total. The molecule has 2 atom stereocenters. The summed E-state index contributed by atoms with van der Waals surface area (Å²) in [6.07, 6.45) is 1.10. The highest BCUT2D eigenvalue weighted by molar-refractivity contribution is 7.88. The standard InChI is InChI=1S/C9H18N6O3S/c1-5(4-12-19(3,16)17)6(2)13-9-7(8(10)11)14-18-15-9/h5-6,12H,4H2,1-3H3,(H3,10,11)(H,13,15). The topological polar surface area (TPSA) is 147 Å². The number of aromatic nitrogens is 2. The maximum absolute atomic E-state index is 11.0. The van der Waals surface area contributed by atoms with Gasteiger partial charge in [0.25, 0.3) is 0 Å². The van der Waals surface area contributed by atoms with E-state index in [1.165, 1.54) is 0 Å². The lowest BCUT2D eigenvalue weighted by Crippen LogP contribution is -2.35. The molecule has 0 aliphatic carbocycles. The van der Waals surface area contributed by atoms with Crippen LogP contribution >= 0.6 is 0 Å². The number of nitrogens with two attached hydrogens (primary N) is 1. The lowest BCUT2D eigenvalue weighted by atomic mass is 10.0. The summed E-state index contributed by atoms with van der Waals surface area (Å²) in [6, 6.07) is -0.112. The Balaban J connectivity index is 2.61. The SMILES string of the molecule is CC(CNS(C)(=O)=O)C(C)Nc1nonc1C(=N)N. The molecule has 1 heterocycles. The Morgan fingerprint density at radius 3 is 2.63 bits per heavy atom. The highest BCUT2D eigenvalue weighted by Crippen LogP contribution is 2.13. The number of nitrogens with zero attached hydrogens (tertiary/aromatic N) is 2. The molecule has 0 radical (unpaired) electrons. The van der Waals surface area contributed by atoms with Crippen molar-refractivity contribution in [1.82, 2.24) is 15.0 Å². The number of hydrogen-bond donors (Lipinski definition) is 4. The van der Waals surface area contributed by atoms with E-state index in [4.69, 9.17) is 11.1 Å². The second kappa shape index (κ2) is 5.97. The molecule has 0 saturated heterocycles. The Morgan fingerprint density at radius 1 is 1.47 bits per heavy atom. The molecule has 0 aliphatic rings. The minimum Gasteiger partial charge on any atom is -0.382 e. The van der Waals surface area contributed by atoms with Crippen molar-refractivity contribution >= 4 is 21.7 Å². The van der Waals surface area contributed by atoms with Crippen LogP contribution in [0.5, 0.6) is 0 Å². The Kier molecular flexibility index (Phi) is 4.84. The second-order valence-electron chi connectivity index (χ2n) is 4.41. The van der Waals surface area contributed by atoms with Gasteiger partial charge in [-0.3, -0.25) is 5.41 Å². The number of nitrogen functional groups attached to an aromatic ring is 1. The van der Waals surface area contributed by atoms with E-state index >= 15 is 0 Å². The van der Waals surface area contributed by atoms with E-state index in [0.717, 1.165) is 6.26 Å². The molecule has 0 fully saturated rings. The van der Waals surface area contributed by atoms with Crippen LogP contribution in [0.4, 0.5) is 5.82 Å². The van der Waals surface area contributed by atoms with Gasteiger partial charge >= 0.3 is 0 Å². The van der Waals surface area contributed by atoms with Crippen molar-refractivity contribution < 1.29 is 13.0 Å². The molecule has 0 saturated carbocycles. The van der Waals surface area contributed by atoms with Gasteiger partial charge in [-0.1, -0.05) is 6.92 Å². The summed E-state index contributed by atoms with van der Waals surface area (Å²) in [4.78, 5) is 0. The first-order chi connectivity index (χ1) is 8.70. The molecule has 0 aromatic carbocycles. The third-order valence-electron chi connectivity index (χ3n) is 2.63. The quantitative estimate of drug-likeness (QED) is 0.385. The first kappa shape index (κ1) is 15.4. The van der Waals surface area contributed by atoms with E-state index in [1.807, 2.05) is 13.8 Å². The number of nitrogens with one attached hydrogen (secondary N) is 3.